The first-order chi connectivity index (χ1) is 7.31. The summed E-state index contributed by atoms with van der Waals surface area (Å²) in [5, 5.41) is 18.3. The van der Waals surface area contributed by atoms with Gasteiger partial charge in [-0.1, -0.05) is 35.0 Å². The summed E-state index contributed by atoms with van der Waals surface area (Å²) in [6.07, 6.45) is 0. The van der Waals surface area contributed by atoms with Gasteiger partial charge in [-0.05, 0) is 12.1 Å². The summed E-state index contributed by atoms with van der Waals surface area (Å²) in [5.74, 6) is 0.311. The highest BCUT2D eigenvalue weighted by Crippen LogP contribution is 2.17. The van der Waals surface area contributed by atoms with E-state index in [0.717, 1.165) is 5.56 Å². The number of nitrogens with zero attached hydrogens (tertiary/aromatic N) is 3. The molecule has 0 fully saturated rings. The summed E-state index contributed by atoms with van der Waals surface area (Å²) in [4.78, 5) is 0. The maximum absolute atomic E-state index is 8.40. The molecule has 0 aliphatic carbocycles. The van der Waals surface area contributed by atoms with Gasteiger partial charge in [-0.3, -0.25) is 0 Å². The van der Waals surface area contributed by atoms with Gasteiger partial charge in [0, 0.05) is 5.56 Å². The average molecular weight is 224 g/mol. The summed E-state index contributed by atoms with van der Waals surface area (Å²) >= 11 is 5.50. The van der Waals surface area contributed by atoms with Crippen LogP contribution in [0.5, 0.6) is 0 Å². The number of benzene rings is 1. The molecule has 76 valence electrons. The molecule has 15 heavy (non-hydrogen) atoms. The minimum absolute atomic E-state index is 0.0157. The Labute approximate surface area is 90.0 Å². The van der Waals surface area contributed by atoms with Gasteiger partial charge in [-0.2, -0.15) is 0 Å². The molecule has 0 saturated carbocycles. The zero-order valence-corrected chi connectivity index (χ0v) is 8.22. The summed E-state index contributed by atoms with van der Waals surface area (Å²) in [6.45, 7) is 0. The van der Waals surface area contributed by atoms with E-state index in [1.54, 1.807) is 0 Å². The van der Waals surface area contributed by atoms with Gasteiger partial charge in [0.25, 0.3) is 5.89 Å². The van der Waals surface area contributed by atoms with Crippen molar-refractivity contribution in [2.75, 3.05) is 0 Å². The van der Waals surface area contributed by atoms with E-state index in [9.17, 15) is 0 Å². The third-order valence-electron chi connectivity index (χ3n) is 1.71. The van der Waals surface area contributed by atoms with Crippen molar-refractivity contribution in [2.24, 2.45) is 5.16 Å². The van der Waals surface area contributed by atoms with E-state index < -0.39 is 0 Å². The number of aromatic nitrogens is 2. The average Bonchev–Trinajstić information content (AvgIpc) is 2.78. The molecule has 0 aliphatic rings. The standard InChI is InChI=1S/C9H6ClN3O2/c10-7(13-14)9-12-11-8(15-9)6-4-2-1-3-5-6/h1-5,14H/b13-7+. The smallest absolute Gasteiger partial charge is 0.282 e. The molecule has 0 saturated heterocycles. The van der Waals surface area contributed by atoms with Gasteiger partial charge in [0.2, 0.25) is 11.1 Å². The highest BCUT2D eigenvalue weighted by atomic mass is 35.5. The Hall–Kier alpha value is -1.88. The lowest BCUT2D eigenvalue weighted by molar-refractivity contribution is 0.319. The molecule has 0 atom stereocenters. The number of hydrogen-bond acceptors (Lipinski definition) is 5. The normalized spacial score (nSPS) is 11.7. The van der Waals surface area contributed by atoms with Crippen LogP contribution in [-0.4, -0.2) is 20.6 Å². The van der Waals surface area contributed by atoms with Gasteiger partial charge >= 0.3 is 0 Å². The van der Waals surface area contributed by atoms with E-state index in [1.165, 1.54) is 0 Å². The van der Waals surface area contributed by atoms with Crippen molar-refractivity contribution in [3.8, 4) is 11.5 Å². The highest BCUT2D eigenvalue weighted by Gasteiger charge is 2.11. The molecule has 1 heterocycles. The fourth-order valence-electron chi connectivity index (χ4n) is 1.05. The second-order valence-electron chi connectivity index (χ2n) is 2.67. The Balaban J connectivity index is 2.36. The molecule has 0 amide bonds. The van der Waals surface area contributed by atoms with Crippen molar-refractivity contribution in [3.05, 3.63) is 36.2 Å². The van der Waals surface area contributed by atoms with E-state index in [2.05, 4.69) is 15.4 Å². The fourth-order valence-corrected chi connectivity index (χ4v) is 1.12. The number of hydrogen-bond donors (Lipinski definition) is 1. The minimum Gasteiger partial charge on any atom is -0.414 e. The van der Waals surface area contributed by atoms with Crippen molar-refractivity contribution >= 4 is 16.8 Å². The first kappa shape index (κ1) is 9.67. The zero-order valence-electron chi connectivity index (χ0n) is 7.46. The fraction of sp³-hybridized carbons (Fsp3) is 0. The Kier molecular flexibility index (Phi) is 2.64. The molecule has 0 unspecified atom stereocenters. The van der Waals surface area contributed by atoms with Crippen LogP contribution in [0, 0.1) is 0 Å². The Bertz CT molecular complexity index is 481. The quantitative estimate of drug-likeness (QED) is 0.481. The maximum Gasteiger partial charge on any atom is 0.282 e. The van der Waals surface area contributed by atoms with Crippen LogP contribution < -0.4 is 0 Å². The topological polar surface area (TPSA) is 71.5 Å². The lowest BCUT2D eigenvalue weighted by atomic mass is 10.2. The minimum atomic E-state index is -0.232. The van der Waals surface area contributed by atoms with Gasteiger partial charge in [0.1, 0.15) is 0 Å². The predicted octanol–water partition coefficient (Wildman–Crippen LogP) is 2.11. The van der Waals surface area contributed by atoms with E-state index in [1.807, 2.05) is 30.3 Å². The zero-order chi connectivity index (χ0) is 10.7. The van der Waals surface area contributed by atoms with Gasteiger partial charge in [-0.25, -0.2) is 0 Å². The van der Waals surface area contributed by atoms with Crippen LogP contribution >= 0.6 is 11.6 Å². The van der Waals surface area contributed by atoms with Crippen LogP contribution in [0.3, 0.4) is 0 Å². The van der Waals surface area contributed by atoms with Crippen LogP contribution in [0.4, 0.5) is 0 Å². The second kappa shape index (κ2) is 4.10. The predicted molar refractivity (Wildman–Crippen MR) is 53.9 cm³/mol. The van der Waals surface area contributed by atoms with E-state index in [4.69, 9.17) is 21.2 Å². The van der Waals surface area contributed by atoms with Crippen molar-refractivity contribution < 1.29 is 9.62 Å². The largest absolute Gasteiger partial charge is 0.414 e. The van der Waals surface area contributed by atoms with E-state index in [0.29, 0.717) is 5.89 Å². The number of halogens is 1. The van der Waals surface area contributed by atoms with Crippen LogP contribution in [0.15, 0.2) is 39.9 Å². The molecule has 6 heteroatoms. The van der Waals surface area contributed by atoms with Gasteiger partial charge in [0.15, 0.2) is 0 Å². The summed E-state index contributed by atoms with van der Waals surface area (Å²) in [6, 6.07) is 9.22. The molecular weight excluding hydrogens is 218 g/mol. The third-order valence-corrected chi connectivity index (χ3v) is 1.95. The van der Waals surface area contributed by atoms with Crippen LogP contribution in [0.25, 0.3) is 11.5 Å². The second-order valence-corrected chi connectivity index (χ2v) is 3.03. The van der Waals surface area contributed by atoms with Crippen molar-refractivity contribution in [1.29, 1.82) is 0 Å². The lowest BCUT2D eigenvalue weighted by Gasteiger charge is -1.91. The third kappa shape index (κ3) is 1.97. The molecule has 2 aromatic rings. The lowest BCUT2D eigenvalue weighted by Crippen LogP contribution is -1.90. The molecule has 5 nitrogen and oxygen atoms in total. The van der Waals surface area contributed by atoms with Crippen LogP contribution in [0.1, 0.15) is 5.89 Å². The Morgan fingerprint density at radius 2 is 2.00 bits per heavy atom. The van der Waals surface area contributed by atoms with E-state index in [-0.39, 0.29) is 11.1 Å². The summed E-state index contributed by atoms with van der Waals surface area (Å²) in [5.41, 5.74) is 0.777. The molecule has 1 aromatic carbocycles. The SMILES string of the molecule is O/N=C(/Cl)c1nnc(-c2ccccc2)o1. The summed E-state index contributed by atoms with van der Waals surface area (Å²) < 4.78 is 5.18. The molecule has 1 N–H and O–H groups in total. The molecule has 0 spiro atoms. The number of rotatable bonds is 2. The van der Waals surface area contributed by atoms with Crippen molar-refractivity contribution in [3.63, 3.8) is 0 Å². The van der Waals surface area contributed by atoms with E-state index >= 15 is 0 Å². The molecule has 0 aliphatic heterocycles. The van der Waals surface area contributed by atoms with Crippen LogP contribution in [-0.2, 0) is 0 Å². The van der Waals surface area contributed by atoms with Gasteiger partial charge < -0.3 is 9.62 Å². The molecule has 2 rings (SSSR count). The first-order valence-corrected chi connectivity index (χ1v) is 4.46. The Morgan fingerprint density at radius 1 is 1.27 bits per heavy atom. The van der Waals surface area contributed by atoms with Crippen LogP contribution in [0.2, 0.25) is 0 Å². The summed E-state index contributed by atoms with van der Waals surface area (Å²) in [7, 11) is 0. The van der Waals surface area contributed by atoms with Crippen molar-refractivity contribution in [2.45, 2.75) is 0 Å². The van der Waals surface area contributed by atoms with Crippen molar-refractivity contribution in [1.82, 2.24) is 10.2 Å². The van der Waals surface area contributed by atoms with Gasteiger partial charge in [-0.15, -0.1) is 10.2 Å². The monoisotopic (exact) mass is 223 g/mol. The molecule has 0 radical (unpaired) electrons. The molecular formula is C9H6ClN3O2. The highest BCUT2D eigenvalue weighted by molar-refractivity contribution is 6.68. The Morgan fingerprint density at radius 3 is 2.67 bits per heavy atom. The molecule has 0 bridgehead atoms. The molecule has 1 aromatic heterocycles. The maximum atomic E-state index is 8.40. The number of oxime groups is 1. The van der Waals surface area contributed by atoms with Gasteiger partial charge in [0.05, 0.1) is 0 Å². The first-order valence-electron chi connectivity index (χ1n) is 4.08.